The fraction of sp³-hybridized carbons (Fsp3) is 0.167. The number of aliphatic carboxylic acids is 1. The van der Waals surface area contributed by atoms with E-state index < -0.39 is 5.97 Å². The van der Waals surface area contributed by atoms with Gasteiger partial charge in [-0.15, -0.1) is 0 Å². The van der Waals surface area contributed by atoms with Crippen LogP contribution in [0.15, 0.2) is 16.8 Å². The molecule has 1 heterocycles. The van der Waals surface area contributed by atoms with Crippen LogP contribution in [0.1, 0.15) is 6.99 Å². The first-order valence-electron chi connectivity index (χ1n) is 2.52. The van der Waals surface area contributed by atoms with Gasteiger partial charge in [-0.25, -0.2) is 0 Å². The monoisotopic (exact) mass is 166 g/mol. The summed E-state index contributed by atoms with van der Waals surface area (Å²) >= 11 is 1.52. The molecule has 0 bridgehead atoms. The van der Waals surface area contributed by atoms with Crippen molar-refractivity contribution in [1.82, 2.24) is 0 Å². The second kappa shape index (κ2) is 4.91. The third kappa shape index (κ3) is 3.37. The average molecular weight is 166 g/mol. The SMILES string of the molecule is O=C(O)Cc1ccsc1.[H-].[Na+]. The molecule has 50 valence electrons. The summed E-state index contributed by atoms with van der Waals surface area (Å²) in [6.45, 7) is 0. The molecule has 1 N–H and O–H groups in total. The van der Waals surface area contributed by atoms with E-state index in [9.17, 15) is 4.79 Å². The first-order chi connectivity index (χ1) is 4.29. The molecule has 0 radical (unpaired) electrons. The van der Waals surface area contributed by atoms with Gasteiger partial charge < -0.3 is 6.53 Å². The van der Waals surface area contributed by atoms with Gasteiger partial charge in [0.2, 0.25) is 0 Å². The summed E-state index contributed by atoms with van der Waals surface area (Å²) < 4.78 is 0. The van der Waals surface area contributed by atoms with Gasteiger partial charge in [0.05, 0.1) is 6.42 Å². The smallest absolute Gasteiger partial charge is 1.00 e. The molecule has 0 aromatic carbocycles. The number of thiophene rings is 1. The normalized spacial score (nSPS) is 8.40. The van der Waals surface area contributed by atoms with Crippen LogP contribution in [-0.4, -0.2) is 11.1 Å². The van der Waals surface area contributed by atoms with Gasteiger partial charge in [-0.05, 0) is 22.4 Å². The molecule has 0 saturated carbocycles. The molecule has 0 amide bonds. The maximum Gasteiger partial charge on any atom is 1.00 e. The van der Waals surface area contributed by atoms with Crippen LogP contribution < -0.4 is 29.6 Å². The van der Waals surface area contributed by atoms with Crippen molar-refractivity contribution in [2.45, 2.75) is 6.42 Å². The van der Waals surface area contributed by atoms with Gasteiger partial charge in [0.15, 0.2) is 0 Å². The maximum atomic E-state index is 10.1. The van der Waals surface area contributed by atoms with Crippen molar-refractivity contribution in [2.75, 3.05) is 0 Å². The summed E-state index contributed by atoms with van der Waals surface area (Å²) in [4.78, 5) is 10.1. The number of rotatable bonds is 2. The molecule has 0 unspecified atom stereocenters. The van der Waals surface area contributed by atoms with Crippen molar-refractivity contribution in [3.8, 4) is 0 Å². The number of carboxylic acids is 1. The van der Waals surface area contributed by atoms with Crippen LogP contribution in [0, 0.1) is 0 Å². The van der Waals surface area contributed by atoms with E-state index in [2.05, 4.69) is 0 Å². The van der Waals surface area contributed by atoms with Crippen molar-refractivity contribution < 1.29 is 40.9 Å². The van der Waals surface area contributed by atoms with Gasteiger partial charge in [0.25, 0.3) is 0 Å². The molecule has 1 rings (SSSR count). The summed E-state index contributed by atoms with van der Waals surface area (Å²) in [6.07, 6.45) is 0.142. The molecule has 2 nitrogen and oxygen atoms in total. The quantitative estimate of drug-likeness (QED) is 0.542. The van der Waals surface area contributed by atoms with Crippen molar-refractivity contribution in [3.05, 3.63) is 22.4 Å². The molecule has 0 aliphatic heterocycles. The summed E-state index contributed by atoms with van der Waals surface area (Å²) in [5.41, 5.74) is 0.882. The molecule has 0 atom stereocenters. The van der Waals surface area contributed by atoms with E-state index in [1.165, 1.54) is 11.3 Å². The van der Waals surface area contributed by atoms with E-state index in [-0.39, 0.29) is 37.4 Å². The Bertz CT molecular complexity index is 200. The van der Waals surface area contributed by atoms with E-state index in [0.717, 1.165) is 5.56 Å². The van der Waals surface area contributed by atoms with Crippen LogP contribution in [0.4, 0.5) is 0 Å². The second-order valence-corrected chi connectivity index (χ2v) is 2.48. The van der Waals surface area contributed by atoms with E-state index in [4.69, 9.17) is 5.11 Å². The molecule has 10 heavy (non-hydrogen) atoms. The molecule has 0 spiro atoms. The number of hydrogen-bond acceptors (Lipinski definition) is 2. The molecular weight excluding hydrogens is 159 g/mol. The first kappa shape index (κ1) is 10.2. The van der Waals surface area contributed by atoms with Crippen LogP contribution in [0.2, 0.25) is 0 Å². The van der Waals surface area contributed by atoms with Crippen LogP contribution in [0.25, 0.3) is 0 Å². The minimum Gasteiger partial charge on any atom is -1.00 e. The van der Waals surface area contributed by atoms with Crippen LogP contribution in [0.5, 0.6) is 0 Å². The minimum absolute atomic E-state index is 0. The average Bonchev–Trinajstić information content (AvgIpc) is 2.15. The Balaban J connectivity index is 0. The Hall–Kier alpha value is 0.170. The Labute approximate surface area is 86.7 Å². The Morgan fingerprint density at radius 2 is 2.50 bits per heavy atom. The minimum atomic E-state index is -0.770. The van der Waals surface area contributed by atoms with Crippen LogP contribution >= 0.6 is 11.3 Å². The molecular formula is C6H7NaO2S. The fourth-order valence-corrected chi connectivity index (χ4v) is 1.24. The van der Waals surface area contributed by atoms with Gasteiger partial charge in [-0.1, -0.05) is 0 Å². The topological polar surface area (TPSA) is 37.3 Å². The Morgan fingerprint density at radius 1 is 1.80 bits per heavy atom. The molecule has 4 heteroatoms. The van der Waals surface area contributed by atoms with Gasteiger partial charge in [-0.2, -0.15) is 11.3 Å². The third-order valence-corrected chi connectivity index (χ3v) is 1.67. The van der Waals surface area contributed by atoms with Gasteiger partial charge in [0.1, 0.15) is 0 Å². The summed E-state index contributed by atoms with van der Waals surface area (Å²) in [6, 6.07) is 1.82. The summed E-state index contributed by atoms with van der Waals surface area (Å²) in [5, 5.41) is 12.0. The zero-order valence-electron chi connectivity index (χ0n) is 6.70. The fourth-order valence-electron chi connectivity index (χ4n) is 0.568. The van der Waals surface area contributed by atoms with Gasteiger partial charge in [-0.3, -0.25) is 4.79 Å². The summed E-state index contributed by atoms with van der Waals surface area (Å²) in [5.74, 6) is -0.770. The van der Waals surface area contributed by atoms with Crippen LogP contribution in [-0.2, 0) is 11.2 Å². The molecule has 0 aliphatic rings. The zero-order chi connectivity index (χ0) is 6.69. The van der Waals surface area contributed by atoms with Crippen molar-refractivity contribution in [3.63, 3.8) is 0 Å². The van der Waals surface area contributed by atoms with Crippen molar-refractivity contribution in [1.29, 1.82) is 0 Å². The third-order valence-electron chi connectivity index (χ3n) is 0.935. The second-order valence-electron chi connectivity index (χ2n) is 1.70. The molecule has 0 aliphatic carbocycles. The maximum absolute atomic E-state index is 10.1. The number of hydrogen-bond donors (Lipinski definition) is 1. The molecule has 1 aromatic rings. The molecule has 0 saturated heterocycles. The van der Waals surface area contributed by atoms with Gasteiger partial charge in [0, 0.05) is 0 Å². The number of carbonyl (C=O) groups is 1. The first-order valence-corrected chi connectivity index (χ1v) is 3.46. The molecule has 0 fully saturated rings. The standard InChI is InChI=1S/C6H6O2S.Na.H/c7-6(8)3-5-1-2-9-4-5;;/h1-2,4H,3H2,(H,7,8);;/q;+1;-1. The predicted molar refractivity (Wildman–Crippen MR) is 36.8 cm³/mol. The van der Waals surface area contributed by atoms with Crippen molar-refractivity contribution in [2.24, 2.45) is 0 Å². The van der Waals surface area contributed by atoms with E-state index in [1.807, 2.05) is 16.8 Å². The Morgan fingerprint density at radius 3 is 2.90 bits per heavy atom. The van der Waals surface area contributed by atoms with Crippen LogP contribution in [0.3, 0.4) is 0 Å². The summed E-state index contributed by atoms with van der Waals surface area (Å²) in [7, 11) is 0. The van der Waals surface area contributed by atoms with E-state index >= 15 is 0 Å². The molecule has 1 aromatic heterocycles. The van der Waals surface area contributed by atoms with Gasteiger partial charge >= 0.3 is 35.5 Å². The predicted octanol–water partition coefficient (Wildman–Crippen LogP) is -1.51. The zero-order valence-corrected chi connectivity index (χ0v) is 8.52. The van der Waals surface area contributed by atoms with Crippen molar-refractivity contribution >= 4 is 17.3 Å². The Kier molecular flexibility index (Phi) is 4.99. The van der Waals surface area contributed by atoms with E-state index in [0.29, 0.717) is 0 Å². The number of carboxylic acid groups (broad SMARTS) is 1. The van der Waals surface area contributed by atoms with E-state index in [1.54, 1.807) is 0 Å². The largest absolute Gasteiger partial charge is 1.00 e.